The lowest BCUT2D eigenvalue weighted by molar-refractivity contribution is -0.394. The summed E-state index contributed by atoms with van der Waals surface area (Å²) >= 11 is 0. The van der Waals surface area contributed by atoms with Crippen LogP contribution >= 0.6 is 0 Å². The van der Waals surface area contributed by atoms with Crippen molar-refractivity contribution in [3.05, 3.63) is 44.0 Å². The lowest BCUT2D eigenvalue weighted by Crippen LogP contribution is -2.07. The van der Waals surface area contributed by atoms with Crippen LogP contribution in [0.5, 0.6) is 0 Å². The zero-order valence-electron chi connectivity index (χ0n) is 11.9. The standard InChI is InChI=1S/C14H14N2O6/c1-2-3-4-5-6-7-22-14(17)11-8-12(15(18)19)10-13(9-11)16(20)21/h8-10H,2-4,7H2,1H3. The first-order valence-electron chi connectivity index (χ1n) is 6.52. The van der Waals surface area contributed by atoms with Gasteiger partial charge >= 0.3 is 5.97 Å². The maximum Gasteiger partial charge on any atom is 0.339 e. The Balaban J connectivity index is 2.81. The highest BCUT2D eigenvalue weighted by Crippen LogP contribution is 2.23. The highest BCUT2D eigenvalue weighted by molar-refractivity contribution is 5.91. The molecule has 116 valence electrons. The number of carbonyl (C=O) groups excluding carboxylic acids is 1. The fourth-order valence-corrected chi connectivity index (χ4v) is 1.51. The third kappa shape index (κ3) is 5.20. The van der Waals surface area contributed by atoms with Gasteiger partial charge in [0.15, 0.2) is 6.61 Å². The van der Waals surface area contributed by atoms with E-state index in [1.165, 1.54) is 0 Å². The molecule has 0 aromatic heterocycles. The molecule has 0 spiro atoms. The van der Waals surface area contributed by atoms with Crippen molar-refractivity contribution in [2.45, 2.75) is 26.2 Å². The van der Waals surface area contributed by atoms with Crippen molar-refractivity contribution in [2.24, 2.45) is 0 Å². The van der Waals surface area contributed by atoms with Crippen molar-refractivity contribution >= 4 is 17.3 Å². The second kappa shape index (κ2) is 8.36. The summed E-state index contributed by atoms with van der Waals surface area (Å²) in [6, 6.07) is 2.64. The molecule has 0 atom stereocenters. The summed E-state index contributed by atoms with van der Waals surface area (Å²) in [6.45, 7) is 1.86. The number of nitrogens with zero attached hydrogens (tertiary/aromatic N) is 2. The number of non-ortho nitro benzene ring substituents is 2. The highest BCUT2D eigenvalue weighted by atomic mass is 16.6. The van der Waals surface area contributed by atoms with Gasteiger partial charge in [-0.3, -0.25) is 20.2 Å². The number of esters is 1. The molecule has 22 heavy (non-hydrogen) atoms. The van der Waals surface area contributed by atoms with Gasteiger partial charge in [-0.1, -0.05) is 25.2 Å². The van der Waals surface area contributed by atoms with Crippen molar-refractivity contribution < 1.29 is 19.4 Å². The molecule has 1 rings (SSSR count). The Hall–Kier alpha value is -2.95. The molecule has 0 heterocycles. The Kier molecular flexibility index (Phi) is 6.50. The summed E-state index contributed by atoms with van der Waals surface area (Å²) in [7, 11) is 0. The van der Waals surface area contributed by atoms with Gasteiger partial charge in [0.1, 0.15) is 0 Å². The van der Waals surface area contributed by atoms with Gasteiger partial charge in [0, 0.05) is 18.6 Å². The van der Waals surface area contributed by atoms with Crippen LogP contribution in [0.3, 0.4) is 0 Å². The summed E-state index contributed by atoms with van der Waals surface area (Å²) in [5.41, 5.74) is -1.35. The Morgan fingerprint density at radius 3 is 2.23 bits per heavy atom. The zero-order chi connectivity index (χ0) is 16.5. The number of hydrogen-bond donors (Lipinski definition) is 0. The molecule has 1 aromatic rings. The molecule has 0 saturated carbocycles. The van der Waals surface area contributed by atoms with Gasteiger partial charge in [-0.05, 0) is 6.42 Å². The molecule has 0 unspecified atom stereocenters. The molecule has 0 aliphatic heterocycles. The average Bonchev–Trinajstić information content (AvgIpc) is 2.49. The number of ether oxygens (including phenoxy) is 1. The molecule has 0 bridgehead atoms. The van der Waals surface area contributed by atoms with E-state index in [1.807, 2.05) is 6.92 Å². The predicted octanol–water partition coefficient (Wildman–Crippen LogP) is 2.85. The smallest absolute Gasteiger partial charge is 0.339 e. The van der Waals surface area contributed by atoms with E-state index in [1.54, 1.807) is 0 Å². The Labute approximate surface area is 126 Å². The summed E-state index contributed by atoms with van der Waals surface area (Å²) in [4.78, 5) is 31.6. The molecule has 0 N–H and O–H groups in total. The van der Waals surface area contributed by atoms with E-state index in [-0.39, 0.29) is 12.2 Å². The van der Waals surface area contributed by atoms with Crippen LogP contribution in [0, 0.1) is 32.1 Å². The van der Waals surface area contributed by atoms with Crippen LogP contribution in [0.25, 0.3) is 0 Å². The summed E-state index contributed by atoms with van der Waals surface area (Å²) in [6.07, 6.45) is 2.64. The third-order valence-corrected chi connectivity index (χ3v) is 2.62. The lowest BCUT2D eigenvalue weighted by atomic mass is 10.2. The predicted molar refractivity (Wildman–Crippen MR) is 77.3 cm³/mol. The van der Waals surface area contributed by atoms with E-state index in [4.69, 9.17) is 4.74 Å². The first-order chi connectivity index (χ1) is 10.5. The Morgan fingerprint density at radius 1 is 1.14 bits per heavy atom. The third-order valence-electron chi connectivity index (χ3n) is 2.62. The minimum absolute atomic E-state index is 0.168. The number of carbonyl (C=O) groups is 1. The van der Waals surface area contributed by atoms with Crippen LogP contribution in [0.2, 0.25) is 0 Å². The van der Waals surface area contributed by atoms with Crippen molar-refractivity contribution in [1.82, 2.24) is 0 Å². The summed E-state index contributed by atoms with van der Waals surface area (Å²) in [5.74, 6) is 4.55. The molecule has 0 radical (unpaired) electrons. The number of benzene rings is 1. The fraction of sp³-hybridized carbons (Fsp3) is 0.357. The van der Waals surface area contributed by atoms with Gasteiger partial charge < -0.3 is 4.74 Å². The molecule has 0 amide bonds. The van der Waals surface area contributed by atoms with Crippen molar-refractivity contribution in [3.63, 3.8) is 0 Å². The molecule has 8 heteroatoms. The first-order valence-corrected chi connectivity index (χ1v) is 6.52. The van der Waals surface area contributed by atoms with Gasteiger partial charge in [-0.15, -0.1) is 0 Å². The van der Waals surface area contributed by atoms with Crippen molar-refractivity contribution in [2.75, 3.05) is 6.61 Å². The number of hydrogen-bond acceptors (Lipinski definition) is 6. The minimum atomic E-state index is -0.892. The van der Waals surface area contributed by atoms with E-state index in [0.717, 1.165) is 31.0 Å². The van der Waals surface area contributed by atoms with Crippen LogP contribution in [-0.2, 0) is 4.74 Å². The maximum atomic E-state index is 11.7. The number of nitro benzene ring substituents is 2. The van der Waals surface area contributed by atoms with E-state index in [0.29, 0.717) is 6.42 Å². The fourth-order valence-electron chi connectivity index (χ4n) is 1.51. The molecule has 8 nitrogen and oxygen atoms in total. The molecule has 1 aromatic carbocycles. The van der Waals surface area contributed by atoms with Crippen LogP contribution < -0.4 is 0 Å². The van der Waals surface area contributed by atoms with Crippen LogP contribution in [0.4, 0.5) is 11.4 Å². The zero-order valence-corrected chi connectivity index (χ0v) is 11.9. The van der Waals surface area contributed by atoms with Crippen molar-refractivity contribution in [3.8, 4) is 11.8 Å². The highest BCUT2D eigenvalue weighted by Gasteiger charge is 2.20. The van der Waals surface area contributed by atoms with E-state index < -0.39 is 27.2 Å². The average molecular weight is 306 g/mol. The quantitative estimate of drug-likeness (QED) is 0.262. The van der Waals surface area contributed by atoms with Gasteiger partial charge in [0.25, 0.3) is 11.4 Å². The second-order valence-corrected chi connectivity index (χ2v) is 4.29. The topological polar surface area (TPSA) is 113 Å². The number of rotatable bonds is 6. The minimum Gasteiger partial charge on any atom is -0.449 e. The van der Waals surface area contributed by atoms with Crippen LogP contribution in [0.1, 0.15) is 36.5 Å². The van der Waals surface area contributed by atoms with Crippen molar-refractivity contribution in [1.29, 1.82) is 0 Å². The first kappa shape index (κ1) is 17.1. The molecule has 0 aliphatic carbocycles. The van der Waals surface area contributed by atoms with E-state index in [2.05, 4.69) is 11.8 Å². The monoisotopic (exact) mass is 306 g/mol. The van der Waals surface area contributed by atoms with Gasteiger partial charge in [-0.2, -0.15) is 0 Å². The summed E-state index contributed by atoms with van der Waals surface area (Å²) in [5, 5.41) is 21.4. The lowest BCUT2D eigenvalue weighted by Gasteiger charge is -2.01. The number of nitro groups is 2. The maximum absolute atomic E-state index is 11.7. The second-order valence-electron chi connectivity index (χ2n) is 4.29. The molecular formula is C14H14N2O6. The van der Waals surface area contributed by atoms with Gasteiger partial charge in [0.2, 0.25) is 0 Å². The van der Waals surface area contributed by atoms with Crippen LogP contribution in [0.15, 0.2) is 18.2 Å². The van der Waals surface area contributed by atoms with E-state index in [9.17, 15) is 25.0 Å². The molecular weight excluding hydrogens is 292 g/mol. The Bertz CT molecular complexity index is 612. The normalized spacial score (nSPS) is 9.50. The molecule has 0 saturated heterocycles. The van der Waals surface area contributed by atoms with Gasteiger partial charge in [0.05, 0.1) is 21.5 Å². The van der Waals surface area contributed by atoms with E-state index >= 15 is 0 Å². The summed E-state index contributed by atoms with van der Waals surface area (Å²) < 4.78 is 4.82. The number of unbranched alkanes of at least 4 members (excludes halogenated alkanes) is 2. The van der Waals surface area contributed by atoms with Crippen LogP contribution in [-0.4, -0.2) is 22.4 Å². The largest absolute Gasteiger partial charge is 0.449 e. The SMILES string of the molecule is CCCCC#CCOC(=O)c1cc([N+](=O)[O-])cc([N+](=O)[O-])c1. The Morgan fingerprint density at radius 2 is 1.73 bits per heavy atom. The molecule has 0 aliphatic rings. The molecule has 0 fully saturated rings. The van der Waals surface area contributed by atoms with Gasteiger partial charge in [-0.25, -0.2) is 4.79 Å².